The zero-order valence-electron chi connectivity index (χ0n) is 25.4. The van der Waals surface area contributed by atoms with E-state index in [1.807, 2.05) is 0 Å². The molecule has 268 valence electrons. The number of hydrogen-bond donors (Lipinski definition) is 5. The number of aromatic nitrogens is 3. The first-order valence-electron chi connectivity index (χ1n) is 14.0. The number of hydrogen-bond acceptors (Lipinski definition) is 15. The van der Waals surface area contributed by atoms with E-state index in [0.717, 1.165) is 24.3 Å². The van der Waals surface area contributed by atoms with Crippen LogP contribution in [0.1, 0.15) is 0 Å². The van der Waals surface area contributed by atoms with Crippen LogP contribution in [0.5, 0.6) is 0 Å². The Kier molecular flexibility index (Phi) is 9.77. The van der Waals surface area contributed by atoms with Gasteiger partial charge in [0.25, 0.3) is 30.4 Å². The summed E-state index contributed by atoms with van der Waals surface area (Å²) < 4.78 is 126. The SMILES string of the molecule is O=S([O-])c1ccc(Nc2nc(Cl)nc(Nc3ccc(N=Nc4cc(S(=O)(=O)O)c5cccc(S(=O)(=O)O)c5c4)c4cccc(S(=O)(=O)O)c34)n2)cc1. The Morgan fingerprint density at radius 3 is 1.87 bits per heavy atom. The zero-order valence-corrected chi connectivity index (χ0v) is 29.5. The van der Waals surface area contributed by atoms with Crippen LogP contribution >= 0.6 is 11.6 Å². The molecule has 1 aromatic heterocycles. The predicted molar refractivity (Wildman–Crippen MR) is 187 cm³/mol. The van der Waals surface area contributed by atoms with Gasteiger partial charge in [-0.3, -0.25) is 17.9 Å². The van der Waals surface area contributed by atoms with Crippen molar-refractivity contribution in [2.24, 2.45) is 10.2 Å². The number of benzene rings is 5. The Balaban J connectivity index is 1.44. The molecule has 18 nitrogen and oxygen atoms in total. The van der Waals surface area contributed by atoms with E-state index in [1.165, 1.54) is 60.7 Å². The van der Waals surface area contributed by atoms with Gasteiger partial charge in [0.15, 0.2) is 0 Å². The molecule has 0 saturated heterocycles. The molecule has 0 bridgehead atoms. The molecule has 5 aromatic carbocycles. The summed E-state index contributed by atoms with van der Waals surface area (Å²) in [4.78, 5) is 10.3. The van der Waals surface area contributed by atoms with Crippen LogP contribution in [0.15, 0.2) is 115 Å². The molecule has 0 spiro atoms. The van der Waals surface area contributed by atoms with E-state index in [2.05, 4.69) is 35.8 Å². The zero-order chi connectivity index (χ0) is 37.6. The summed E-state index contributed by atoms with van der Waals surface area (Å²) >= 11 is 3.68. The van der Waals surface area contributed by atoms with Gasteiger partial charge in [-0.1, -0.05) is 24.3 Å². The Morgan fingerprint density at radius 2 is 1.25 bits per heavy atom. The van der Waals surface area contributed by atoms with E-state index >= 15 is 0 Å². The van der Waals surface area contributed by atoms with Gasteiger partial charge in [0.2, 0.25) is 17.2 Å². The van der Waals surface area contributed by atoms with Gasteiger partial charge < -0.3 is 15.2 Å². The van der Waals surface area contributed by atoms with Crippen molar-refractivity contribution in [2.45, 2.75) is 19.6 Å². The van der Waals surface area contributed by atoms with E-state index in [4.69, 9.17) is 11.6 Å². The first kappa shape index (κ1) is 36.7. The highest BCUT2D eigenvalue weighted by Gasteiger charge is 2.22. The van der Waals surface area contributed by atoms with E-state index < -0.39 is 56.1 Å². The number of nitrogens with one attached hydrogen (secondary N) is 2. The summed E-state index contributed by atoms with van der Waals surface area (Å²) in [5, 5.41) is 12.9. The lowest BCUT2D eigenvalue weighted by Crippen LogP contribution is -2.06. The summed E-state index contributed by atoms with van der Waals surface area (Å²) in [6.45, 7) is 0. The second-order valence-electron chi connectivity index (χ2n) is 10.5. The summed E-state index contributed by atoms with van der Waals surface area (Å²) in [5.74, 6) is -0.274. The third-order valence-corrected chi connectivity index (χ3v) is 10.7. The van der Waals surface area contributed by atoms with Gasteiger partial charge in [-0.2, -0.15) is 45.3 Å². The lowest BCUT2D eigenvalue weighted by Gasteiger charge is -2.14. The van der Waals surface area contributed by atoms with Crippen molar-refractivity contribution in [2.75, 3.05) is 10.6 Å². The van der Waals surface area contributed by atoms with Crippen molar-refractivity contribution in [3.05, 3.63) is 90.2 Å². The Morgan fingerprint density at radius 1 is 0.654 bits per heavy atom. The van der Waals surface area contributed by atoms with Crippen LogP contribution in [0.25, 0.3) is 21.5 Å². The monoisotopic (exact) mass is 804 g/mol. The molecule has 0 aliphatic carbocycles. The molecule has 0 radical (unpaired) electrons. The lowest BCUT2D eigenvalue weighted by atomic mass is 10.1. The molecule has 6 rings (SSSR count). The van der Waals surface area contributed by atoms with E-state index in [1.54, 1.807) is 0 Å². The molecule has 1 unspecified atom stereocenters. The van der Waals surface area contributed by atoms with E-state index in [0.29, 0.717) is 5.69 Å². The standard InChI is InChI=1S/C29H20ClN7O11S4/c30-27-33-28(31-15-7-9-17(10-8-15)49(38)39)35-29(34-27)32-22-12-11-21(19-4-2-6-24(26(19)22)51(43,44)45)37-36-16-13-20-18(25(14-16)52(46,47)48)3-1-5-23(20)50(40,41)42/h1-14H,(H,38,39)(H,40,41,42)(H,43,44,45)(H,46,47,48)(H2,31,32,33,34,35)/p-1. The molecule has 0 aliphatic rings. The number of fused-ring (bicyclic) bond motifs is 2. The largest absolute Gasteiger partial charge is 0.768 e. The Bertz CT molecular complexity index is 2820. The van der Waals surface area contributed by atoms with Crippen molar-refractivity contribution in [3.63, 3.8) is 0 Å². The lowest BCUT2D eigenvalue weighted by molar-refractivity contribution is 0.481. The second-order valence-corrected chi connectivity index (χ2v) is 15.9. The minimum atomic E-state index is -4.95. The number of nitrogens with zero attached hydrogens (tertiary/aromatic N) is 5. The van der Waals surface area contributed by atoms with Crippen LogP contribution in [-0.4, -0.2) is 62.6 Å². The van der Waals surface area contributed by atoms with Crippen LogP contribution in [-0.2, 0) is 41.4 Å². The molecule has 0 amide bonds. The average Bonchev–Trinajstić information content (AvgIpc) is 3.05. The minimum Gasteiger partial charge on any atom is -0.768 e. The first-order valence-corrected chi connectivity index (χ1v) is 19.8. The van der Waals surface area contributed by atoms with Crippen LogP contribution in [0.3, 0.4) is 0 Å². The number of rotatable bonds is 10. The molecular formula is C29H19ClN7O11S4-. The molecule has 23 heteroatoms. The highest BCUT2D eigenvalue weighted by Crippen LogP contribution is 2.39. The van der Waals surface area contributed by atoms with E-state index in [9.17, 15) is 47.7 Å². The quantitative estimate of drug-likeness (QED) is 0.0629. The molecule has 0 saturated carbocycles. The summed E-state index contributed by atoms with van der Waals surface area (Å²) in [7, 11) is -14.7. The van der Waals surface area contributed by atoms with Crippen LogP contribution in [0.4, 0.5) is 34.6 Å². The Labute approximate surface area is 301 Å². The third-order valence-electron chi connectivity index (χ3n) is 7.15. The fourth-order valence-corrected chi connectivity index (χ4v) is 7.71. The predicted octanol–water partition coefficient (Wildman–Crippen LogP) is 5.71. The maximum absolute atomic E-state index is 12.5. The summed E-state index contributed by atoms with van der Waals surface area (Å²) in [6.07, 6.45) is 0. The molecule has 0 aliphatic heterocycles. The Hall–Kier alpha value is -5.04. The minimum absolute atomic E-state index is 0.0230. The topological polar surface area (TPSA) is 291 Å². The fraction of sp³-hybridized carbons (Fsp3) is 0. The van der Waals surface area contributed by atoms with Gasteiger partial charge in [0, 0.05) is 32.1 Å². The first-order chi connectivity index (χ1) is 24.4. The van der Waals surface area contributed by atoms with E-state index in [-0.39, 0.29) is 60.7 Å². The fourth-order valence-electron chi connectivity index (χ4n) is 5.04. The van der Waals surface area contributed by atoms with Gasteiger partial charge in [0.1, 0.15) is 14.7 Å². The van der Waals surface area contributed by atoms with Gasteiger partial charge in [-0.25, -0.2) is 0 Å². The molecule has 1 atom stereocenters. The molecule has 52 heavy (non-hydrogen) atoms. The molecule has 0 fully saturated rings. The van der Waals surface area contributed by atoms with Crippen LogP contribution in [0, 0.1) is 0 Å². The highest BCUT2D eigenvalue weighted by atomic mass is 35.5. The van der Waals surface area contributed by atoms with Crippen molar-refractivity contribution >= 4 is 109 Å². The molecular weight excluding hydrogens is 786 g/mol. The van der Waals surface area contributed by atoms with Crippen LogP contribution < -0.4 is 10.6 Å². The maximum Gasteiger partial charge on any atom is 0.295 e. The van der Waals surface area contributed by atoms with Crippen molar-refractivity contribution in [1.82, 2.24) is 15.0 Å². The molecule has 5 N–H and O–H groups in total. The number of anilines is 4. The number of azo groups is 1. The van der Waals surface area contributed by atoms with Crippen molar-refractivity contribution in [1.29, 1.82) is 0 Å². The second kappa shape index (κ2) is 13.8. The van der Waals surface area contributed by atoms with Gasteiger partial charge >= 0.3 is 0 Å². The van der Waals surface area contributed by atoms with Crippen molar-refractivity contribution in [3.8, 4) is 0 Å². The third kappa shape index (κ3) is 7.89. The van der Waals surface area contributed by atoms with Gasteiger partial charge in [-0.05, 0) is 83.3 Å². The van der Waals surface area contributed by atoms with Gasteiger partial charge in [-0.15, -0.1) is 5.11 Å². The normalized spacial score (nSPS) is 13.1. The van der Waals surface area contributed by atoms with Crippen LogP contribution in [0.2, 0.25) is 5.28 Å². The van der Waals surface area contributed by atoms with Gasteiger partial charge in [0.05, 0.1) is 17.1 Å². The smallest absolute Gasteiger partial charge is 0.295 e. The molecule has 6 aromatic rings. The molecule has 1 heterocycles. The van der Waals surface area contributed by atoms with Crippen molar-refractivity contribution < 1.29 is 47.7 Å². The summed E-state index contributed by atoms with van der Waals surface area (Å²) in [5.41, 5.74) is 0.102. The number of halogens is 1. The highest BCUT2D eigenvalue weighted by molar-refractivity contribution is 7.86. The summed E-state index contributed by atoms with van der Waals surface area (Å²) in [6, 6.07) is 17.5. The maximum atomic E-state index is 12.5. The average molecular weight is 805 g/mol.